The van der Waals surface area contributed by atoms with Gasteiger partial charge in [0.25, 0.3) is 0 Å². The zero-order valence-electron chi connectivity index (χ0n) is 14.9. The Morgan fingerprint density at radius 2 is 2.08 bits per heavy atom. The number of carbonyl (C=O) groups excluding carboxylic acids is 1. The van der Waals surface area contributed by atoms with Crippen molar-refractivity contribution in [3.05, 3.63) is 47.5 Å². The highest BCUT2D eigenvalue weighted by atomic mass is 16.2. The third-order valence-electron chi connectivity index (χ3n) is 5.59. The van der Waals surface area contributed by atoms with Crippen LogP contribution in [0.25, 0.3) is 0 Å². The number of nitrogens with zero attached hydrogens (tertiary/aromatic N) is 4. The number of carbonyl (C=O) groups is 1. The standard InChI is InChI=1S/C20H26N4O/c1-15-5-2-3-6-16(15)13-20(25)23-12-4-7-17(23)10-11-19-22-21-14-24(19)18-8-9-18/h2-3,5-6,14,17-18H,4,7-13H2,1H3. The second-order valence-corrected chi connectivity index (χ2v) is 7.41. The minimum absolute atomic E-state index is 0.264. The van der Waals surface area contributed by atoms with Crippen molar-refractivity contribution >= 4 is 5.91 Å². The molecular formula is C20H26N4O. The van der Waals surface area contributed by atoms with E-state index in [4.69, 9.17) is 0 Å². The molecule has 1 unspecified atom stereocenters. The number of hydrogen-bond donors (Lipinski definition) is 0. The normalized spacial score (nSPS) is 20.2. The smallest absolute Gasteiger partial charge is 0.227 e. The van der Waals surface area contributed by atoms with Gasteiger partial charge >= 0.3 is 0 Å². The Bertz CT molecular complexity index is 750. The van der Waals surface area contributed by atoms with Crippen molar-refractivity contribution in [2.24, 2.45) is 0 Å². The zero-order chi connectivity index (χ0) is 17.2. The van der Waals surface area contributed by atoms with Crippen molar-refractivity contribution < 1.29 is 4.79 Å². The SMILES string of the molecule is Cc1ccccc1CC(=O)N1CCCC1CCc1nncn1C1CC1. The Kier molecular flexibility index (Phi) is 4.55. The van der Waals surface area contributed by atoms with Crippen LogP contribution in [0.2, 0.25) is 0 Å². The summed E-state index contributed by atoms with van der Waals surface area (Å²) in [6, 6.07) is 9.15. The molecule has 1 amide bonds. The second kappa shape index (κ2) is 6.98. The van der Waals surface area contributed by atoms with E-state index >= 15 is 0 Å². The summed E-state index contributed by atoms with van der Waals surface area (Å²) in [6.45, 7) is 2.97. The summed E-state index contributed by atoms with van der Waals surface area (Å²) < 4.78 is 2.23. The van der Waals surface area contributed by atoms with Crippen LogP contribution >= 0.6 is 0 Å². The van der Waals surface area contributed by atoms with E-state index in [-0.39, 0.29) is 5.91 Å². The van der Waals surface area contributed by atoms with E-state index in [0.29, 0.717) is 18.5 Å². The summed E-state index contributed by atoms with van der Waals surface area (Å²) in [6.07, 6.45) is 8.99. The molecule has 2 aromatic rings. The topological polar surface area (TPSA) is 51.0 Å². The lowest BCUT2D eigenvalue weighted by Crippen LogP contribution is -2.37. The zero-order valence-corrected chi connectivity index (χ0v) is 14.9. The predicted octanol–water partition coefficient (Wildman–Crippen LogP) is 3.09. The molecule has 0 spiro atoms. The van der Waals surface area contributed by atoms with E-state index in [1.54, 1.807) is 0 Å². The van der Waals surface area contributed by atoms with Gasteiger partial charge in [-0.15, -0.1) is 10.2 Å². The number of likely N-dealkylation sites (tertiary alicyclic amines) is 1. The molecular weight excluding hydrogens is 312 g/mol. The van der Waals surface area contributed by atoms with Crippen molar-refractivity contribution in [3.63, 3.8) is 0 Å². The minimum atomic E-state index is 0.264. The number of amides is 1. The van der Waals surface area contributed by atoms with Gasteiger partial charge in [-0.25, -0.2) is 0 Å². The van der Waals surface area contributed by atoms with Gasteiger partial charge < -0.3 is 9.47 Å². The van der Waals surface area contributed by atoms with E-state index in [1.165, 1.54) is 18.4 Å². The van der Waals surface area contributed by atoms with E-state index in [0.717, 1.165) is 43.6 Å². The Morgan fingerprint density at radius 3 is 2.88 bits per heavy atom. The lowest BCUT2D eigenvalue weighted by Gasteiger charge is -2.25. The van der Waals surface area contributed by atoms with Gasteiger partial charge in [0.2, 0.25) is 5.91 Å². The molecule has 5 heteroatoms. The first kappa shape index (κ1) is 16.3. The molecule has 2 fully saturated rings. The molecule has 0 bridgehead atoms. The van der Waals surface area contributed by atoms with Gasteiger partial charge in [0.05, 0.1) is 6.42 Å². The van der Waals surface area contributed by atoms with Crippen molar-refractivity contribution in [2.45, 2.75) is 64.0 Å². The molecule has 132 valence electrons. The number of aryl methyl sites for hydroxylation is 2. The number of benzene rings is 1. The van der Waals surface area contributed by atoms with Crippen LogP contribution in [0.5, 0.6) is 0 Å². The quantitative estimate of drug-likeness (QED) is 0.813. The molecule has 1 saturated carbocycles. The number of rotatable bonds is 6. The van der Waals surface area contributed by atoms with E-state index < -0.39 is 0 Å². The molecule has 2 heterocycles. The van der Waals surface area contributed by atoms with E-state index in [9.17, 15) is 4.79 Å². The molecule has 4 rings (SSSR count). The Labute approximate surface area is 149 Å². The minimum Gasteiger partial charge on any atom is -0.339 e. The molecule has 5 nitrogen and oxygen atoms in total. The molecule has 2 aliphatic rings. The summed E-state index contributed by atoms with van der Waals surface area (Å²) in [5.74, 6) is 1.35. The highest BCUT2D eigenvalue weighted by Gasteiger charge is 2.30. The summed E-state index contributed by atoms with van der Waals surface area (Å²) in [7, 11) is 0. The van der Waals surface area contributed by atoms with Gasteiger partial charge in [-0.05, 0) is 50.2 Å². The fourth-order valence-electron chi connectivity index (χ4n) is 3.94. The van der Waals surface area contributed by atoms with Crippen LogP contribution in [0.1, 0.15) is 55.1 Å². The second-order valence-electron chi connectivity index (χ2n) is 7.41. The highest BCUT2D eigenvalue weighted by molar-refractivity contribution is 5.79. The monoisotopic (exact) mass is 338 g/mol. The summed E-state index contributed by atoms with van der Waals surface area (Å²) in [5.41, 5.74) is 2.34. The first-order chi connectivity index (χ1) is 12.2. The molecule has 0 radical (unpaired) electrons. The van der Waals surface area contributed by atoms with Gasteiger partial charge in [-0.1, -0.05) is 24.3 Å². The van der Waals surface area contributed by atoms with Crippen LogP contribution in [0.3, 0.4) is 0 Å². The third-order valence-corrected chi connectivity index (χ3v) is 5.59. The molecule has 1 aromatic heterocycles. The van der Waals surface area contributed by atoms with Crippen LogP contribution in [-0.4, -0.2) is 38.2 Å². The Morgan fingerprint density at radius 1 is 1.24 bits per heavy atom. The van der Waals surface area contributed by atoms with Crippen LogP contribution < -0.4 is 0 Å². The molecule has 25 heavy (non-hydrogen) atoms. The predicted molar refractivity (Wildman–Crippen MR) is 96.2 cm³/mol. The van der Waals surface area contributed by atoms with Gasteiger partial charge in [0.1, 0.15) is 12.2 Å². The average Bonchev–Trinajstić information content (AvgIpc) is 3.16. The maximum Gasteiger partial charge on any atom is 0.227 e. The summed E-state index contributed by atoms with van der Waals surface area (Å²) >= 11 is 0. The fraction of sp³-hybridized carbons (Fsp3) is 0.550. The van der Waals surface area contributed by atoms with Gasteiger partial charge in [-0.2, -0.15) is 0 Å². The summed E-state index contributed by atoms with van der Waals surface area (Å²) in [4.78, 5) is 14.9. The number of aromatic nitrogens is 3. The molecule has 1 saturated heterocycles. The largest absolute Gasteiger partial charge is 0.339 e. The van der Waals surface area contributed by atoms with Crippen molar-refractivity contribution in [2.75, 3.05) is 6.54 Å². The van der Waals surface area contributed by atoms with Gasteiger partial charge in [-0.3, -0.25) is 4.79 Å². The molecule has 1 atom stereocenters. The maximum absolute atomic E-state index is 12.8. The first-order valence-electron chi connectivity index (χ1n) is 9.44. The average molecular weight is 338 g/mol. The van der Waals surface area contributed by atoms with Gasteiger partial charge in [0.15, 0.2) is 0 Å². The van der Waals surface area contributed by atoms with Crippen molar-refractivity contribution in [1.29, 1.82) is 0 Å². The molecule has 0 N–H and O–H groups in total. The number of hydrogen-bond acceptors (Lipinski definition) is 3. The van der Waals surface area contributed by atoms with Crippen LogP contribution in [0.4, 0.5) is 0 Å². The highest BCUT2D eigenvalue weighted by Crippen LogP contribution is 2.35. The molecule has 1 aliphatic carbocycles. The first-order valence-corrected chi connectivity index (χ1v) is 9.44. The van der Waals surface area contributed by atoms with Gasteiger partial charge in [0, 0.05) is 25.0 Å². The lowest BCUT2D eigenvalue weighted by molar-refractivity contribution is -0.131. The van der Waals surface area contributed by atoms with E-state index in [2.05, 4.69) is 38.7 Å². The van der Waals surface area contributed by atoms with Crippen LogP contribution in [0, 0.1) is 6.92 Å². The van der Waals surface area contributed by atoms with Crippen LogP contribution in [-0.2, 0) is 17.6 Å². The summed E-state index contributed by atoms with van der Waals surface area (Å²) in [5, 5.41) is 8.38. The lowest BCUT2D eigenvalue weighted by atomic mass is 10.0. The van der Waals surface area contributed by atoms with E-state index in [1.807, 2.05) is 18.5 Å². The fourth-order valence-corrected chi connectivity index (χ4v) is 3.94. The van der Waals surface area contributed by atoms with Crippen molar-refractivity contribution in [1.82, 2.24) is 19.7 Å². The Balaban J connectivity index is 1.37. The molecule has 1 aromatic carbocycles. The third kappa shape index (κ3) is 3.60. The maximum atomic E-state index is 12.8. The van der Waals surface area contributed by atoms with Crippen LogP contribution in [0.15, 0.2) is 30.6 Å². The van der Waals surface area contributed by atoms with Crippen molar-refractivity contribution in [3.8, 4) is 0 Å². The molecule has 1 aliphatic heterocycles. The Hall–Kier alpha value is -2.17.